The van der Waals surface area contributed by atoms with Crippen molar-refractivity contribution in [3.8, 4) is 5.75 Å². The molecule has 1 aliphatic rings. The fourth-order valence-corrected chi connectivity index (χ4v) is 3.25. The molecule has 0 aromatic heterocycles. The van der Waals surface area contributed by atoms with Gasteiger partial charge in [-0.2, -0.15) is 0 Å². The molecule has 1 aromatic rings. The van der Waals surface area contributed by atoms with Gasteiger partial charge in [0, 0.05) is 13.0 Å². The number of hydrogen-bond donors (Lipinski definition) is 1. The zero-order valence-electron chi connectivity index (χ0n) is 15.6. The normalized spacial score (nSPS) is 14.8. The van der Waals surface area contributed by atoms with E-state index in [2.05, 4.69) is 11.4 Å². The van der Waals surface area contributed by atoms with Crippen LogP contribution in [0.25, 0.3) is 0 Å². The molecule has 0 spiro atoms. The van der Waals surface area contributed by atoms with E-state index in [0.29, 0.717) is 13.2 Å². The average Bonchev–Trinajstić information content (AvgIpc) is 2.59. The molecule has 138 valence electrons. The third kappa shape index (κ3) is 6.40. The zero-order valence-corrected chi connectivity index (χ0v) is 15.6. The highest BCUT2D eigenvalue weighted by Crippen LogP contribution is 2.23. The van der Waals surface area contributed by atoms with Crippen LogP contribution in [0.5, 0.6) is 5.75 Å². The van der Waals surface area contributed by atoms with Gasteiger partial charge in [-0.15, -0.1) is 0 Å². The van der Waals surface area contributed by atoms with Crippen LogP contribution in [0.2, 0.25) is 0 Å². The quantitative estimate of drug-likeness (QED) is 0.826. The summed E-state index contributed by atoms with van der Waals surface area (Å²) in [7, 11) is 1.74. The maximum atomic E-state index is 12.1. The SMILES string of the molecule is Cc1cc(C)cc(OCCN(C)C(=O)CNC(=O)C2CCCCC2)c1. The summed E-state index contributed by atoms with van der Waals surface area (Å²) in [5, 5.41) is 2.79. The molecule has 0 saturated heterocycles. The lowest BCUT2D eigenvalue weighted by Gasteiger charge is -2.22. The second kappa shape index (κ2) is 9.44. The Bertz CT molecular complexity index is 574. The zero-order chi connectivity index (χ0) is 18.2. The smallest absolute Gasteiger partial charge is 0.241 e. The number of benzene rings is 1. The van der Waals surface area contributed by atoms with Crippen LogP contribution in [0.4, 0.5) is 0 Å². The Morgan fingerprint density at radius 1 is 1.12 bits per heavy atom. The number of hydrogen-bond acceptors (Lipinski definition) is 3. The van der Waals surface area contributed by atoms with Crippen LogP contribution < -0.4 is 10.1 Å². The van der Waals surface area contributed by atoms with E-state index in [4.69, 9.17) is 4.74 Å². The predicted molar refractivity (Wildman–Crippen MR) is 98.6 cm³/mol. The minimum absolute atomic E-state index is 0.0212. The molecule has 5 heteroatoms. The Labute approximate surface area is 150 Å². The van der Waals surface area contributed by atoms with Gasteiger partial charge in [0.1, 0.15) is 12.4 Å². The van der Waals surface area contributed by atoms with Gasteiger partial charge in [-0.1, -0.05) is 25.3 Å². The molecule has 5 nitrogen and oxygen atoms in total. The Kier molecular flexibility index (Phi) is 7.29. The summed E-state index contributed by atoms with van der Waals surface area (Å²) in [6, 6.07) is 6.07. The molecule has 0 bridgehead atoms. The standard InChI is InChI=1S/C20H30N2O3/c1-15-11-16(2)13-18(12-15)25-10-9-22(3)19(23)14-21-20(24)17-7-5-4-6-8-17/h11-13,17H,4-10,14H2,1-3H3,(H,21,24). The lowest BCUT2D eigenvalue weighted by molar-refractivity contribution is -0.133. The maximum Gasteiger partial charge on any atom is 0.241 e. The summed E-state index contributed by atoms with van der Waals surface area (Å²) in [5.74, 6) is 0.838. The van der Waals surface area contributed by atoms with Crippen LogP contribution in [0, 0.1) is 19.8 Å². The molecule has 1 fully saturated rings. The molecular formula is C20H30N2O3. The van der Waals surface area contributed by atoms with Crippen LogP contribution in [0.15, 0.2) is 18.2 Å². The molecule has 0 radical (unpaired) electrons. The number of carbonyl (C=O) groups excluding carboxylic acids is 2. The number of amides is 2. The van der Waals surface area contributed by atoms with Crippen LogP contribution >= 0.6 is 0 Å². The Hall–Kier alpha value is -2.04. The van der Waals surface area contributed by atoms with Crippen LogP contribution in [-0.2, 0) is 9.59 Å². The van der Waals surface area contributed by atoms with Gasteiger partial charge < -0.3 is 15.0 Å². The number of ether oxygens (including phenoxy) is 1. The number of likely N-dealkylation sites (N-methyl/N-ethyl adjacent to an activating group) is 1. The molecule has 1 saturated carbocycles. The molecule has 1 aromatic carbocycles. The molecule has 0 aliphatic heterocycles. The average molecular weight is 346 g/mol. The summed E-state index contributed by atoms with van der Waals surface area (Å²) in [6.45, 7) is 5.05. The van der Waals surface area contributed by atoms with Crippen molar-refractivity contribution in [2.45, 2.75) is 46.0 Å². The Morgan fingerprint density at radius 2 is 1.76 bits per heavy atom. The maximum absolute atomic E-state index is 12.1. The number of rotatable bonds is 7. The monoisotopic (exact) mass is 346 g/mol. The van der Waals surface area contributed by atoms with Crippen molar-refractivity contribution in [1.82, 2.24) is 10.2 Å². The Morgan fingerprint density at radius 3 is 2.40 bits per heavy atom. The van der Waals surface area contributed by atoms with Crippen molar-refractivity contribution in [2.24, 2.45) is 5.92 Å². The second-order valence-corrected chi connectivity index (χ2v) is 7.04. The van der Waals surface area contributed by atoms with E-state index in [1.165, 1.54) is 6.42 Å². The highest BCUT2D eigenvalue weighted by atomic mass is 16.5. The van der Waals surface area contributed by atoms with Crippen LogP contribution in [0.1, 0.15) is 43.2 Å². The Balaban J connectivity index is 1.68. The predicted octanol–water partition coefficient (Wildman–Crippen LogP) is 2.84. The van der Waals surface area contributed by atoms with Gasteiger partial charge in [0.25, 0.3) is 0 Å². The van der Waals surface area contributed by atoms with Gasteiger partial charge in [-0.25, -0.2) is 0 Å². The molecule has 1 N–H and O–H groups in total. The lowest BCUT2D eigenvalue weighted by atomic mass is 9.89. The third-order valence-corrected chi connectivity index (χ3v) is 4.71. The van der Waals surface area contributed by atoms with Crippen molar-refractivity contribution in [1.29, 1.82) is 0 Å². The van der Waals surface area contributed by atoms with Gasteiger partial charge in [-0.05, 0) is 49.9 Å². The molecular weight excluding hydrogens is 316 g/mol. The van der Waals surface area contributed by atoms with Gasteiger partial charge in [-0.3, -0.25) is 9.59 Å². The van der Waals surface area contributed by atoms with Crippen molar-refractivity contribution >= 4 is 11.8 Å². The number of nitrogens with one attached hydrogen (secondary N) is 1. The van der Waals surface area contributed by atoms with E-state index < -0.39 is 0 Å². The molecule has 0 heterocycles. The fraction of sp³-hybridized carbons (Fsp3) is 0.600. The lowest BCUT2D eigenvalue weighted by Crippen LogP contribution is -2.41. The van der Waals surface area contributed by atoms with Gasteiger partial charge in [0.15, 0.2) is 0 Å². The van der Waals surface area contributed by atoms with Crippen molar-refractivity contribution in [3.05, 3.63) is 29.3 Å². The molecule has 2 amide bonds. The third-order valence-electron chi connectivity index (χ3n) is 4.71. The van der Waals surface area contributed by atoms with Crippen molar-refractivity contribution in [2.75, 3.05) is 26.7 Å². The van der Waals surface area contributed by atoms with E-state index in [1.54, 1.807) is 11.9 Å². The van der Waals surface area contributed by atoms with E-state index >= 15 is 0 Å². The second-order valence-electron chi connectivity index (χ2n) is 7.04. The first-order valence-corrected chi connectivity index (χ1v) is 9.18. The summed E-state index contributed by atoms with van der Waals surface area (Å²) in [5.41, 5.74) is 2.31. The number of carbonyl (C=O) groups is 2. The summed E-state index contributed by atoms with van der Waals surface area (Å²) in [6.07, 6.45) is 5.33. The van der Waals surface area contributed by atoms with Crippen LogP contribution in [0.3, 0.4) is 0 Å². The number of nitrogens with zero attached hydrogens (tertiary/aromatic N) is 1. The van der Waals surface area contributed by atoms with Crippen molar-refractivity contribution in [3.63, 3.8) is 0 Å². The summed E-state index contributed by atoms with van der Waals surface area (Å²) in [4.78, 5) is 25.8. The van der Waals surface area contributed by atoms with E-state index in [9.17, 15) is 9.59 Å². The molecule has 2 rings (SSSR count). The highest BCUT2D eigenvalue weighted by molar-refractivity contribution is 5.85. The number of aryl methyl sites for hydroxylation is 2. The largest absolute Gasteiger partial charge is 0.492 e. The molecule has 25 heavy (non-hydrogen) atoms. The van der Waals surface area contributed by atoms with Gasteiger partial charge in [0.2, 0.25) is 11.8 Å². The highest BCUT2D eigenvalue weighted by Gasteiger charge is 2.21. The summed E-state index contributed by atoms with van der Waals surface area (Å²) >= 11 is 0. The minimum Gasteiger partial charge on any atom is -0.492 e. The summed E-state index contributed by atoms with van der Waals surface area (Å²) < 4.78 is 5.73. The first-order valence-electron chi connectivity index (χ1n) is 9.18. The molecule has 0 atom stereocenters. The van der Waals surface area contributed by atoms with Crippen molar-refractivity contribution < 1.29 is 14.3 Å². The molecule has 1 aliphatic carbocycles. The van der Waals surface area contributed by atoms with E-state index in [0.717, 1.165) is 42.6 Å². The van der Waals surface area contributed by atoms with Crippen LogP contribution in [-0.4, -0.2) is 43.5 Å². The molecule has 0 unspecified atom stereocenters. The minimum atomic E-state index is -0.0896. The van der Waals surface area contributed by atoms with Gasteiger partial charge in [0.05, 0.1) is 13.1 Å². The van der Waals surface area contributed by atoms with E-state index in [-0.39, 0.29) is 24.3 Å². The topological polar surface area (TPSA) is 58.6 Å². The fourth-order valence-electron chi connectivity index (χ4n) is 3.25. The van der Waals surface area contributed by atoms with E-state index in [1.807, 2.05) is 26.0 Å². The first kappa shape index (κ1) is 19.3. The first-order chi connectivity index (χ1) is 12.0. The van der Waals surface area contributed by atoms with Gasteiger partial charge >= 0.3 is 0 Å².